The SMILES string of the molecule is O=[C]CNC(=O)Cc1ccccn1. The predicted octanol–water partition coefficient (Wildman–Crippen LogP) is -0.150. The number of carbonyl (C=O) groups excluding carboxylic acids is 2. The van der Waals surface area contributed by atoms with E-state index in [2.05, 4.69) is 10.3 Å². The van der Waals surface area contributed by atoms with Crippen LogP contribution in [0.1, 0.15) is 5.69 Å². The average Bonchev–Trinajstić information content (AvgIpc) is 2.16. The first-order valence-electron chi connectivity index (χ1n) is 3.84. The maximum Gasteiger partial charge on any atom is 0.226 e. The molecule has 1 aromatic rings. The average molecular weight is 177 g/mol. The number of amides is 1. The van der Waals surface area contributed by atoms with E-state index in [1.807, 2.05) is 6.07 Å². The minimum atomic E-state index is -0.220. The van der Waals surface area contributed by atoms with Crippen LogP contribution < -0.4 is 5.32 Å². The van der Waals surface area contributed by atoms with Crippen LogP contribution in [0.15, 0.2) is 24.4 Å². The molecule has 4 nitrogen and oxygen atoms in total. The third-order valence-corrected chi connectivity index (χ3v) is 1.43. The van der Waals surface area contributed by atoms with Crippen LogP contribution >= 0.6 is 0 Å². The Morgan fingerprint density at radius 1 is 1.54 bits per heavy atom. The van der Waals surface area contributed by atoms with Crippen LogP contribution in [0.5, 0.6) is 0 Å². The molecule has 0 bridgehead atoms. The van der Waals surface area contributed by atoms with Gasteiger partial charge in [-0.25, -0.2) is 0 Å². The Balaban J connectivity index is 2.41. The van der Waals surface area contributed by atoms with Crippen molar-refractivity contribution in [2.24, 2.45) is 0 Å². The fraction of sp³-hybridized carbons (Fsp3) is 0.222. The molecule has 0 spiro atoms. The third kappa shape index (κ3) is 3.46. The van der Waals surface area contributed by atoms with Crippen molar-refractivity contribution in [1.29, 1.82) is 0 Å². The second-order valence-electron chi connectivity index (χ2n) is 2.42. The summed E-state index contributed by atoms with van der Waals surface area (Å²) in [6.45, 7) is -0.0638. The molecule has 4 heteroatoms. The standard InChI is InChI=1S/C9H9N2O2/c12-6-5-11-9(13)7-8-3-1-2-4-10-8/h1-4H,5,7H2,(H,11,13). The highest BCUT2D eigenvalue weighted by Crippen LogP contribution is 1.93. The summed E-state index contributed by atoms with van der Waals surface area (Å²) in [7, 11) is 0. The fourth-order valence-electron chi connectivity index (χ4n) is 0.864. The molecule has 13 heavy (non-hydrogen) atoms. The van der Waals surface area contributed by atoms with E-state index in [1.165, 1.54) is 0 Å². The molecule has 0 fully saturated rings. The lowest BCUT2D eigenvalue weighted by Gasteiger charge is -1.99. The highest BCUT2D eigenvalue weighted by molar-refractivity contribution is 5.80. The van der Waals surface area contributed by atoms with E-state index >= 15 is 0 Å². The monoisotopic (exact) mass is 177 g/mol. The minimum Gasteiger partial charge on any atom is -0.348 e. The van der Waals surface area contributed by atoms with Crippen molar-refractivity contribution in [2.45, 2.75) is 6.42 Å². The van der Waals surface area contributed by atoms with Crippen LogP contribution in [0, 0.1) is 0 Å². The van der Waals surface area contributed by atoms with Gasteiger partial charge in [-0.15, -0.1) is 0 Å². The predicted molar refractivity (Wildman–Crippen MR) is 46.6 cm³/mol. The van der Waals surface area contributed by atoms with Crippen LogP contribution in [0.3, 0.4) is 0 Å². The van der Waals surface area contributed by atoms with Crippen molar-refractivity contribution in [1.82, 2.24) is 10.3 Å². The summed E-state index contributed by atoms with van der Waals surface area (Å²) >= 11 is 0. The van der Waals surface area contributed by atoms with E-state index in [0.717, 1.165) is 0 Å². The van der Waals surface area contributed by atoms with Gasteiger partial charge in [-0.2, -0.15) is 0 Å². The van der Waals surface area contributed by atoms with Gasteiger partial charge in [0.1, 0.15) is 0 Å². The molecule has 0 atom stereocenters. The van der Waals surface area contributed by atoms with Gasteiger partial charge < -0.3 is 5.32 Å². The normalized spacial score (nSPS) is 9.23. The second kappa shape index (κ2) is 5.03. The maximum absolute atomic E-state index is 11.0. The van der Waals surface area contributed by atoms with Gasteiger partial charge in [0.2, 0.25) is 12.2 Å². The molecule has 1 aromatic heterocycles. The van der Waals surface area contributed by atoms with E-state index in [4.69, 9.17) is 0 Å². The molecule has 67 valence electrons. The molecule has 1 rings (SSSR count). The molecule has 1 heterocycles. The Labute approximate surface area is 76.0 Å². The van der Waals surface area contributed by atoms with Gasteiger partial charge >= 0.3 is 0 Å². The fourth-order valence-corrected chi connectivity index (χ4v) is 0.864. The van der Waals surface area contributed by atoms with Crippen molar-refractivity contribution in [3.05, 3.63) is 30.1 Å². The zero-order chi connectivity index (χ0) is 9.52. The van der Waals surface area contributed by atoms with E-state index < -0.39 is 0 Å². The molecule has 0 aliphatic rings. The minimum absolute atomic E-state index is 0.0638. The number of nitrogens with one attached hydrogen (secondary N) is 1. The van der Waals surface area contributed by atoms with Crippen molar-refractivity contribution in [3.63, 3.8) is 0 Å². The molecule has 1 amide bonds. The number of nitrogens with zero attached hydrogens (tertiary/aromatic N) is 1. The van der Waals surface area contributed by atoms with Gasteiger partial charge in [0.15, 0.2) is 0 Å². The van der Waals surface area contributed by atoms with Gasteiger partial charge in [0.05, 0.1) is 13.0 Å². The summed E-state index contributed by atoms with van der Waals surface area (Å²) < 4.78 is 0. The largest absolute Gasteiger partial charge is 0.348 e. The first-order valence-corrected chi connectivity index (χ1v) is 3.84. The Kier molecular flexibility index (Phi) is 3.63. The summed E-state index contributed by atoms with van der Waals surface area (Å²) in [5.74, 6) is -0.220. The molecule has 0 aliphatic carbocycles. The number of rotatable bonds is 4. The maximum atomic E-state index is 11.0. The molecule has 1 radical (unpaired) electrons. The first-order chi connectivity index (χ1) is 6.33. The second-order valence-corrected chi connectivity index (χ2v) is 2.42. The van der Waals surface area contributed by atoms with Crippen LogP contribution in [-0.2, 0) is 16.0 Å². The highest BCUT2D eigenvalue weighted by Gasteiger charge is 2.01. The van der Waals surface area contributed by atoms with Crippen molar-refractivity contribution in [2.75, 3.05) is 6.54 Å². The molecule has 1 N–H and O–H groups in total. The van der Waals surface area contributed by atoms with E-state index in [1.54, 1.807) is 24.6 Å². The lowest BCUT2D eigenvalue weighted by atomic mass is 10.2. The van der Waals surface area contributed by atoms with Crippen molar-refractivity contribution < 1.29 is 9.59 Å². The molecule has 0 saturated heterocycles. The van der Waals surface area contributed by atoms with Gasteiger partial charge in [-0.05, 0) is 12.1 Å². The molecule has 0 unspecified atom stereocenters. The quantitative estimate of drug-likeness (QED) is 0.695. The van der Waals surface area contributed by atoms with E-state index in [-0.39, 0.29) is 18.9 Å². The number of carbonyl (C=O) groups is 1. The summed E-state index contributed by atoms with van der Waals surface area (Å²) in [4.78, 5) is 24.8. The third-order valence-electron chi connectivity index (χ3n) is 1.43. The smallest absolute Gasteiger partial charge is 0.226 e. The van der Waals surface area contributed by atoms with Gasteiger partial charge in [0.25, 0.3) is 0 Å². The summed E-state index contributed by atoms with van der Waals surface area (Å²) in [5.41, 5.74) is 0.686. The number of hydrogen-bond donors (Lipinski definition) is 1. The zero-order valence-electron chi connectivity index (χ0n) is 6.99. The van der Waals surface area contributed by atoms with Crippen LogP contribution in [0.2, 0.25) is 0 Å². The summed E-state index contributed by atoms with van der Waals surface area (Å²) in [6.07, 6.45) is 3.40. The Bertz CT molecular complexity index is 285. The highest BCUT2D eigenvalue weighted by atomic mass is 16.2. The van der Waals surface area contributed by atoms with Gasteiger partial charge in [0, 0.05) is 11.9 Å². The van der Waals surface area contributed by atoms with Crippen molar-refractivity contribution in [3.8, 4) is 0 Å². The first kappa shape index (κ1) is 9.38. The van der Waals surface area contributed by atoms with Crippen LogP contribution in [0.4, 0.5) is 0 Å². The molecular weight excluding hydrogens is 168 g/mol. The van der Waals surface area contributed by atoms with Gasteiger partial charge in [-0.1, -0.05) is 6.07 Å². The number of pyridine rings is 1. The number of aromatic nitrogens is 1. The molecular formula is C9H9N2O2. The molecule has 0 aliphatic heterocycles. The van der Waals surface area contributed by atoms with E-state index in [9.17, 15) is 9.59 Å². The van der Waals surface area contributed by atoms with Crippen LogP contribution in [0.25, 0.3) is 0 Å². The molecule has 0 saturated carbocycles. The summed E-state index contributed by atoms with van der Waals surface area (Å²) in [5, 5.41) is 2.38. The topological polar surface area (TPSA) is 59.1 Å². The number of hydrogen-bond acceptors (Lipinski definition) is 3. The van der Waals surface area contributed by atoms with E-state index in [0.29, 0.717) is 5.69 Å². The van der Waals surface area contributed by atoms with Crippen molar-refractivity contribution >= 4 is 12.2 Å². The Morgan fingerprint density at radius 2 is 2.38 bits per heavy atom. The molecule has 0 aromatic carbocycles. The zero-order valence-corrected chi connectivity index (χ0v) is 6.99. The van der Waals surface area contributed by atoms with Crippen LogP contribution in [-0.4, -0.2) is 23.7 Å². The Hall–Kier alpha value is -1.71. The lowest BCUT2D eigenvalue weighted by Crippen LogP contribution is -2.26. The van der Waals surface area contributed by atoms with Gasteiger partial charge in [-0.3, -0.25) is 14.6 Å². The Morgan fingerprint density at radius 3 is 3.00 bits per heavy atom. The lowest BCUT2D eigenvalue weighted by molar-refractivity contribution is -0.120. The summed E-state index contributed by atoms with van der Waals surface area (Å²) in [6, 6.07) is 5.34.